The molecule has 4 aliphatic rings. The molecule has 37 heavy (non-hydrogen) atoms. The lowest BCUT2D eigenvalue weighted by atomic mass is 9.83. The highest BCUT2D eigenvalue weighted by molar-refractivity contribution is 5.14. The fourth-order valence-corrected chi connectivity index (χ4v) is 6.07. The molecule has 4 fully saturated rings. The summed E-state index contributed by atoms with van der Waals surface area (Å²) in [5.41, 5.74) is 0.249. The van der Waals surface area contributed by atoms with Crippen molar-refractivity contribution < 1.29 is 38.3 Å². The highest BCUT2D eigenvalue weighted by atomic mass is 16.9. The SMILES string of the molecule is CCC1(CC)O[C@@H]2OC(C)(C)O[C@H]2C1C.CC[C@@]1(CO)O[C@@H]2OC(C)(C)O[C@H]2C1OCc1ccccc1. The van der Waals surface area contributed by atoms with Crippen LogP contribution < -0.4 is 0 Å². The summed E-state index contributed by atoms with van der Waals surface area (Å²) in [4.78, 5) is 0. The summed E-state index contributed by atoms with van der Waals surface area (Å²) in [6.07, 6.45) is 1.40. The summed E-state index contributed by atoms with van der Waals surface area (Å²) in [6.45, 7) is 16.5. The molecule has 0 spiro atoms. The van der Waals surface area contributed by atoms with E-state index in [1.807, 2.05) is 65.0 Å². The second kappa shape index (κ2) is 10.8. The molecule has 0 aliphatic carbocycles. The number of ether oxygens (including phenoxy) is 7. The van der Waals surface area contributed by atoms with Crippen molar-refractivity contribution in [3.05, 3.63) is 35.9 Å². The predicted molar refractivity (Wildman–Crippen MR) is 137 cm³/mol. The summed E-state index contributed by atoms with van der Waals surface area (Å²) in [6, 6.07) is 9.94. The summed E-state index contributed by atoms with van der Waals surface area (Å²) in [5, 5.41) is 9.85. The fourth-order valence-electron chi connectivity index (χ4n) is 6.07. The second-order valence-electron chi connectivity index (χ2n) is 11.5. The molecule has 5 rings (SSSR count). The normalized spacial score (nSPS) is 38.6. The van der Waals surface area contributed by atoms with Crippen LogP contribution in [-0.4, -0.2) is 65.4 Å². The van der Waals surface area contributed by atoms with Gasteiger partial charge in [-0.25, -0.2) is 0 Å². The zero-order valence-corrected chi connectivity index (χ0v) is 23.7. The van der Waals surface area contributed by atoms with Crippen LogP contribution in [0.5, 0.6) is 0 Å². The minimum Gasteiger partial charge on any atom is -0.393 e. The van der Waals surface area contributed by atoms with Crippen molar-refractivity contribution in [1.82, 2.24) is 0 Å². The Kier molecular flexibility index (Phi) is 8.45. The van der Waals surface area contributed by atoms with Gasteiger partial charge in [0.15, 0.2) is 24.2 Å². The topological polar surface area (TPSA) is 84.8 Å². The number of rotatable bonds is 7. The van der Waals surface area contributed by atoms with Crippen molar-refractivity contribution in [1.29, 1.82) is 0 Å². The van der Waals surface area contributed by atoms with Crippen LogP contribution in [0.3, 0.4) is 0 Å². The molecule has 0 saturated carbocycles. The molecule has 8 nitrogen and oxygen atoms in total. The molecule has 2 unspecified atom stereocenters. The van der Waals surface area contributed by atoms with Crippen LogP contribution in [0.15, 0.2) is 30.3 Å². The van der Waals surface area contributed by atoms with E-state index in [0.29, 0.717) is 18.9 Å². The van der Waals surface area contributed by atoms with Gasteiger partial charge in [-0.2, -0.15) is 0 Å². The highest BCUT2D eigenvalue weighted by Crippen LogP contribution is 2.48. The Labute approximate surface area is 221 Å². The smallest absolute Gasteiger partial charge is 0.190 e. The van der Waals surface area contributed by atoms with Crippen LogP contribution >= 0.6 is 0 Å². The zero-order chi connectivity index (χ0) is 27.1. The van der Waals surface area contributed by atoms with Crippen molar-refractivity contribution >= 4 is 0 Å². The number of benzene rings is 1. The second-order valence-corrected chi connectivity index (χ2v) is 11.5. The van der Waals surface area contributed by atoms with E-state index in [2.05, 4.69) is 20.8 Å². The summed E-state index contributed by atoms with van der Waals surface area (Å²) in [5.74, 6) is -0.782. The molecule has 0 radical (unpaired) electrons. The quantitative estimate of drug-likeness (QED) is 0.541. The minimum absolute atomic E-state index is 0.0498. The Hall–Kier alpha value is -1.10. The number of aliphatic hydroxyl groups is 1. The molecule has 4 aliphatic heterocycles. The van der Waals surface area contributed by atoms with Gasteiger partial charge in [0.1, 0.15) is 23.9 Å². The molecule has 7 atom stereocenters. The lowest BCUT2D eigenvalue weighted by Gasteiger charge is -2.34. The molecule has 0 amide bonds. The van der Waals surface area contributed by atoms with E-state index in [4.69, 9.17) is 33.2 Å². The van der Waals surface area contributed by atoms with E-state index in [-0.39, 0.29) is 36.8 Å². The maximum atomic E-state index is 9.85. The first-order valence-corrected chi connectivity index (χ1v) is 13.8. The Morgan fingerprint density at radius 3 is 1.76 bits per heavy atom. The molecule has 8 heteroatoms. The minimum atomic E-state index is -0.777. The molecule has 1 aromatic carbocycles. The van der Waals surface area contributed by atoms with E-state index < -0.39 is 23.5 Å². The van der Waals surface area contributed by atoms with Crippen molar-refractivity contribution in [3.63, 3.8) is 0 Å². The summed E-state index contributed by atoms with van der Waals surface area (Å²) >= 11 is 0. The van der Waals surface area contributed by atoms with Gasteiger partial charge in [0.2, 0.25) is 0 Å². The van der Waals surface area contributed by atoms with Crippen LogP contribution in [0.2, 0.25) is 0 Å². The average molecular weight is 523 g/mol. The fraction of sp³-hybridized carbons (Fsp3) is 0.793. The highest BCUT2D eigenvalue weighted by Gasteiger charge is 2.62. The third-order valence-electron chi connectivity index (χ3n) is 8.35. The maximum absolute atomic E-state index is 9.85. The van der Waals surface area contributed by atoms with Crippen LogP contribution in [-0.2, 0) is 39.8 Å². The number of aliphatic hydroxyl groups excluding tert-OH is 1. The Morgan fingerprint density at radius 2 is 1.24 bits per heavy atom. The lowest BCUT2D eigenvalue weighted by Crippen LogP contribution is -2.49. The molecular weight excluding hydrogens is 476 g/mol. The van der Waals surface area contributed by atoms with Crippen molar-refractivity contribution in [2.24, 2.45) is 5.92 Å². The number of hydrogen-bond acceptors (Lipinski definition) is 8. The standard InChI is InChI=1S/C17H24O5.C12H22O3/c1-4-17(11-18)14(19-10-12-8-6-5-7-9-12)13-15(22-17)21-16(2,3)20-13;1-6-12(7-2)8(3)9-10(15-12)14-11(4,5)13-9/h5-9,13-15,18H,4,10-11H2,1-3H3;8-10H,6-7H2,1-5H3/t13-,14?,15-,17-;8?,9-,10-/m00/s1. The van der Waals surface area contributed by atoms with E-state index in [1.54, 1.807) is 0 Å². The first-order chi connectivity index (χ1) is 17.4. The van der Waals surface area contributed by atoms with Crippen molar-refractivity contribution in [3.8, 4) is 0 Å². The third-order valence-corrected chi connectivity index (χ3v) is 8.35. The third kappa shape index (κ3) is 5.63. The summed E-state index contributed by atoms with van der Waals surface area (Å²) in [7, 11) is 0. The lowest BCUT2D eigenvalue weighted by molar-refractivity contribution is -0.252. The Balaban J connectivity index is 0.000000186. The number of hydrogen-bond donors (Lipinski definition) is 1. The van der Waals surface area contributed by atoms with Gasteiger partial charge in [-0.3, -0.25) is 0 Å². The van der Waals surface area contributed by atoms with Crippen LogP contribution in [0.25, 0.3) is 0 Å². The molecule has 0 aromatic heterocycles. The maximum Gasteiger partial charge on any atom is 0.190 e. The predicted octanol–water partition coefficient (Wildman–Crippen LogP) is 4.91. The van der Waals surface area contributed by atoms with Gasteiger partial charge in [0, 0.05) is 5.92 Å². The first-order valence-electron chi connectivity index (χ1n) is 13.8. The Morgan fingerprint density at radius 1 is 0.730 bits per heavy atom. The van der Waals surface area contributed by atoms with Gasteiger partial charge in [-0.15, -0.1) is 0 Å². The molecule has 0 bridgehead atoms. The van der Waals surface area contributed by atoms with Crippen LogP contribution in [0, 0.1) is 5.92 Å². The van der Waals surface area contributed by atoms with Crippen LogP contribution in [0.1, 0.15) is 80.2 Å². The summed E-state index contributed by atoms with van der Waals surface area (Å²) < 4.78 is 41.5. The van der Waals surface area contributed by atoms with Gasteiger partial charge >= 0.3 is 0 Å². The molecular formula is C29H46O8. The largest absolute Gasteiger partial charge is 0.393 e. The van der Waals surface area contributed by atoms with Crippen molar-refractivity contribution in [2.75, 3.05) is 6.61 Å². The molecule has 210 valence electrons. The van der Waals surface area contributed by atoms with E-state index in [9.17, 15) is 5.11 Å². The molecule has 4 heterocycles. The zero-order valence-electron chi connectivity index (χ0n) is 23.7. The molecule has 1 aromatic rings. The first kappa shape index (κ1) is 28.9. The van der Waals surface area contributed by atoms with E-state index in [1.165, 1.54) is 0 Å². The van der Waals surface area contributed by atoms with Gasteiger partial charge < -0.3 is 38.3 Å². The van der Waals surface area contributed by atoms with Crippen LogP contribution in [0.4, 0.5) is 0 Å². The van der Waals surface area contributed by atoms with Gasteiger partial charge in [-0.1, -0.05) is 58.0 Å². The van der Waals surface area contributed by atoms with E-state index in [0.717, 1.165) is 18.4 Å². The van der Waals surface area contributed by atoms with E-state index >= 15 is 0 Å². The monoisotopic (exact) mass is 522 g/mol. The van der Waals surface area contributed by atoms with Gasteiger partial charge in [-0.05, 0) is 52.5 Å². The number of fused-ring (bicyclic) bond motifs is 2. The van der Waals surface area contributed by atoms with Crippen molar-refractivity contribution in [2.45, 2.75) is 135 Å². The Bertz CT molecular complexity index is 879. The molecule has 4 saturated heterocycles. The average Bonchev–Trinajstić information content (AvgIpc) is 3.51. The van der Waals surface area contributed by atoms with Gasteiger partial charge in [0.25, 0.3) is 0 Å². The molecule has 1 N–H and O–H groups in total. The van der Waals surface area contributed by atoms with Gasteiger partial charge in [0.05, 0.1) is 18.8 Å².